The molecule has 2 aromatic rings. The number of benzene rings is 1. The third-order valence-corrected chi connectivity index (χ3v) is 3.86. The Kier molecular flexibility index (Phi) is 7.06. The zero-order chi connectivity index (χ0) is 19.1. The topological polar surface area (TPSA) is 104 Å². The lowest BCUT2D eigenvalue weighted by molar-refractivity contribution is 0.104. The van der Waals surface area contributed by atoms with Crippen LogP contribution < -0.4 is 20.2 Å². The highest BCUT2D eigenvalue weighted by atomic mass is 16.5. The molecule has 7 nitrogen and oxygen atoms in total. The lowest BCUT2D eigenvalue weighted by Crippen LogP contribution is -2.34. The van der Waals surface area contributed by atoms with Crippen LogP contribution in [0.2, 0.25) is 0 Å². The largest absolute Gasteiger partial charge is 0.503 e. The number of rotatable bonds is 9. The Labute approximate surface area is 152 Å². The van der Waals surface area contributed by atoms with Gasteiger partial charge < -0.3 is 30.0 Å². The summed E-state index contributed by atoms with van der Waals surface area (Å²) in [5.41, 5.74) is 1.49. The third kappa shape index (κ3) is 5.50. The first-order valence-corrected chi connectivity index (χ1v) is 8.52. The fraction of sp³-hybridized carbons (Fsp3) is 0.421. The van der Waals surface area contributed by atoms with Crippen LogP contribution in [-0.4, -0.2) is 47.6 Å². The van der Waals surface area contributed by atoms with Crippen molar-refractivity contribution in [1.82, 2.24) is 10.3 Å². The fourth-order valence-corrected chi connectivity index (χ4v) is 2.40. The first kappa shape index (κ1) is 19.8. The average Bonchev–Trinajstić information content (AvgIpc) is 2.61. The number of aryl methyl sites for hydroxylation is 3. The van der Waals surface area contributed by atoms with Crippen LogP contribution in [0.25, 0.3) is 0 Å². The van der Waals surface area contributed by atoms with Gasteiger partial charge in [-0.3, -0.25) is 4.79 Å². The summed E-state index contributed by atoms with van der Waals surface area (Å²) in [7, 11) is 0. The summed E-state index contributed by atoms with van der Waals surface area (Å²) in [5.74, 6) is 0.455. The maximum Gasteiger partial charge on any atom is 0.265 e. The molecule has 1 heterocycles. The number of pyridine rings is 1. The van der Waals surface area contributed by atoms with Crippen molar-refractivity contribution < 1.29 is 19.7 Å². The van der Waals surface area contributed by atoms with Gasteiger partial charge >= 0.3 is 0 Å². The molecular formula is C19H26N2O5. The monoisotopic (exact) mass is 362 g/mol. The first-order valence-electron chi connectivity index (χ1n) is 8.52. The molecule has 7 heteroatoms. The highest BCUT2D eigenvalue weighted by Gasteiger charge is 2.14. The minimum absolute atomic E-state index is 0.0230. The maximum absolute atomic E-state index is 12.0. The molecule has 1 unspecified atom stereocenters. The zero-order valence-corrected chi connectivity index (χ0v) is 15.3. The minimum Gasteiger partial charge on any atom is -0.503 e. The maximum atomic E-state index is 12.0. The quantitative estimate of drug-likeness (QED) is 0.503. The molecular weight excluding hydrogens is 336 g/mol. The Morgan fingerprint density at radius 1 is 1.12 bits per heavy atom. The van der Waals surface area contributed by atoms with Gasteiger partial charge in [0.1, 0.15) is 25.1 Å². The van der Waals surface area contributed by atoms with Gasteiger partial charge in [0.2, 0.25) is 0 Å². The average molecular weight is 362 g/mol. The number of ether oxygens (including phenoxy) is 2. The Bertz CT molecular complexity index is 771. The van der Waals surface area contributed by atoms with Gasteiger partial charge in [-0.1, -0.05) is 17.7 Å². The molecule has 0 spiro atoms. The zero-order valence-electron chi connectivity index (χ0n) is 15.3. The van der Waals surface area contributed by atoms with Crippen LogP contribution in [-0.2, 0) is 0 Å². The van der Waals surface area contributed by atoms with E-state index in [1.165, 1.54) is 5.56 Å². The number of nitrogens with one attached hydrogen (secondary N) is 2. The summed E-state index contributed by atoms with van der Waals surface area (Å²) < 4.78 is 11.0. The second kappa shape index (κ2) is 9.26. The van der Waals surface area contributed by atoms with E-state index in [0.29, 0.717) is 31.1 Å². The van der Waals surface area contributed by atoms with E-state index >= 15 is 0 Å². The van der Waals surface area contributed by atoms with Crippen LogP contribution in [0, 0.1) is 20.8 Å². The Morgan fingerprint density at radius 3 is 2.50 bits per heavy atom. The first-order chi connectivity index (χ1) is 12.4. The smallest absolute Gasteiger partial charge is 0.265 e. The standard InChI is InChI=1S/C19H26N2O5/c1-12-4-6-16(7-5-12)25-9-8-20-10-15(22)11-26-19-14(3)21-13(2)17(23)18(19)24/h4-7,15,20,22-23H,8-11H2,1-3H3,(H,21,24). The summed E-state index contributed by atoms with van der Waals surface area (Å²) in [4.78, 5) is 14.8. The van der Waals surface area contributed by atoms with Crippen molar-refractivity contribution in [3.63, 3.8) is 0 Å². The van der Waals surface area contributed by atoms with Crippen LogP contribution in [0.3, 0.4) is 0 Å². The van der Waals surface area contributed by atoms with E-state index in [-0.39, 0.29) is 18.1 Å². The van der Waals surface area contributed by atoms with Crippen LogP contribution in [0.5, 0.6) is 17.2 Å². The van der Waals surface area contributed by atoms with Crippen molar-refractivity contribution >= 4 is 0 Å². The lowest BCUT2D eigenvalue weighted by atomic mass is 10.2. The van der Waals surface area contributed by atoms with E-state index in [1.54, 1.807) is 13.8 Å². The lowest BCUT2D eigenvalue weighted by Gasteiger charge is -2.15. The number of aromatic hydroxyl groups is 1. The van der Waals surface area contributed by atoms with E-state index in [4.69, 9.17) is 9.47 Å². The van der Waals surface area contributed by atoms with Crippen LogP contribution >= 0.6 is 0 Å². The molecule has 0 aliphatic rings. The molecule has 2 rings (SSSR count). The Balaban J connectivity index is 1.69. The van der Waals surface area contributed by atoms with E-state index in [2.05, 4.69) is 10.3 Å². The van der Waals surface area contributed by atoms with Gasteiger partial charge in [0.05, 0.1) is 11.4 Å². The van der Waals surface area contributed by atoms with Crippen LogP contribution in [0.1, 0.15) is 17.0 Å². The molecule has 0 amide bonds. The molecule has 4 N–H and O–H groups in total. The molecule has 142 valence electrons. The van der Waals surface area contributed by atoms with Gasteiger partial charge in [0.25, 0.3) is 5.43 Å². The van der Waals surface area contributed by atoms with Crippen molar-refractivity contribution in [2.75, 3.05) is 26.3 Å². The van der Waals surface area contributed by atoms with Crippen LogP contribution in [0.4, 0.5) is 0 Å². The number of aliphatic hydroxyl groups excluding tert-OH is 1. The van der Waals surface area contributed by atoms with Crippen molar-refractivity contribution in [2.45, 2.75) is 26.9 Å². The van der Waals surface area contributed by atoms with Crippen molar-refractivity contribution in [3.05, 3.63) is 51.4 Å². The molecule has 0 aliphatic heterocycles. The van der Waals surface area contributed by atoms with Gasteiger partial charge in [-0.25, -0.2) is 0 Å². The van der Waals surface area contributed by atoms with Gasteiger partial charge in [0, 0.05) is 13.1 Å². The number of H-pyrrole nitrogens is 1. The molecule has 0 aliphatic carbocycles. The summed E-state index contributed by atoms with van der Waals surface area (Å²) in [5, 5.41) is 22.7. The normalized spacial score (nSPS) is 12.0. The van der Waals surface area contributed by atoms with Gasteiger partial charge in [0.15, 0.2) is 11.5 Å². The number of aromatic amines is 1. The number of aromatic nitrogens is 1. The molecule has 1 aromatic carbocycles. The van der Waals surface area contributed by atoms with E-state index in [9.17, 15) is 15.0 Å². The van der Waals surface area contributed by atoms with E-state index in [0.717, 1.165) is 5.75 Å². The second-order valence-electron chi connectivity index (χ2n) is 6.21. The van der Waals surface area contributed by atoms with Gasteiger partial charge in [-0.15, -0.1) is 0 Å². The highest BCUT2D eigenvalue weighted by Crippen LogP contribution is 2.17. The van der Waals surface area contributed by atoms with Gasteiger partial charge in [-0.05, 0) is 32.9 Å². The van der Waals surface area contributed by atoms with E-state index in [1.807, 2.05) is 31.2 Å². The molecule has 1 atom stereocenters. The molecule has 26 heavy (non-hydrogen) atoms. The number of hydrogen-bond donors (Lipinski definition) is 4. The number of aliphatic hydroxyl groups is 1. The molecule has 0 fully saturated rings. The molecule has 0 saturated heterocycles. The minimum atomic E-state index is -0.795. The van der Waals surface area contributed by atoms with Gasteiger partial charge in [-0.2, -0.15) is 0 Å². The molecule has 0 bridgehead atoms. The fourth-order valence-electron chi connectivity index (χ4n) is 2.40. The SMILES string of the molecule is Cc1ccc(OCCNCC(O)COc2c(C)[nH]c(C)c(O)c2=O)cc1. The third-order valence-electron chi connectivity index (χ3n) is 3.86. The summed E-state index contributed by atoms with van der Waals surface area (Å²) in [6.45, 7) is 6.57. The Hall–Kier alpha value is -2.51. The van der Waals surface area contributed by atoms with Crippen LogP contribution in [0.15, 0.2) is 29.1 Å². The predicted octanol–water partition coefficient (Wildman–Crippen LogP) is 1.41. The summed E-state index contributed by atoms with van der Waals surface area (Å²) in [6, 6.07) is 7.79. The summed E-state index contributed by atoms with van der Waals surface area (Å²) >= 11 is 0. The molecule has 0 radical (unpaired) electrons. The highest BCUT2D eigenvalue weighted by molar-refractivity contribution is 5.38. The Morgan fingerprint density at radius 2 is 1.81 bits per heavy atom. The predicted molar refractivity (Wildman–Crippen MR) is 99.2 cm³/mol. The van der Waals surface area contributed by atoms with Crippen molar-refractivity contribution in [3.8, 4) is 17.2 Å². The number of hydrogen-bond acceptors (Lipinski definition) is 6. The van der Waals surface area contributed by atoms with Crippen molar-refractivity contribution in [1.29, 1.82) is 0 Å². The second-order valence-corrected chi connectivity index (χ2v) is 6.21. The van der Waals surface area contributed by atoms with Crippen molar-refractivity contribution in [2.24, 2.45) is 0 Å². The molecule has 1 aromatic heterocycles. The summed E-state index contributed by atoms with van der Waals surface area (Å²) in [6.07, 6.45) is -0.795. The van der Waals surface area contributed by atoms with E-state index < -0.39 is 11.5 Å². The molecule has 0 saturated carbocycles.